The number of carbonyl (C=O) groups is 1. The van der Waals surface area contributed by atoms with E-state index in [4.69, 9.17) is 4.74 Å². The van der Waals surface area contributed by atoms with Crippen molar-refractivity contribution in [1.29, 1.82) is 0 Å². The lowest BCUT2D eigenvalue weighted by Crippen LogP contribution is -2.51. The number of amides is 1. The molecule has 2 N–H and O–H groups in total. The van der Waals surface area contributed by atoms with E-state index in [0.29, 0.717) is 0 Å². The predicted octanol–water partition coefficient (Wildman–Crippen LogP) is 1.35. The molecular weight excluding hydrogens is 194 g/mol. The van der Waals surface area contributed by atoms with Crippen molar-refractivity contribution in [2.24, 2.45) is 0 Å². The summed E-state index contributed by atoms with van der Waals surface area (Å²) in [5, 5.41) is 12.5. The van der Waals surface area contributed by atoms with Crippen molar-refractivity contribution in [2.45, 2.75) is 25.2 Å². The molecule has 1 amide bonds. The van der Waals surface area contributed by atoms with Gasteiger partial charge in [0, 0.05) is 5.56 Å². The first-order valence-corrected chi connectivity index (χ1v) is 4.75. The van der Waals surface area contributed by atoms with Crippen LogP contribution in [0.4, 0.5) is 4.79 Å². The summed E-state index contributed by atoms with van der Waals surface area (Å²) in [6.45, 7) is 3.20. The summed E-state index contributed by atoms with van der Waals surface area (Å²) < 4.78 is 5.15. The zero-order valence-corrected chi connectivity index (χ0v) is 8.65. The minimum Gasteiger partial charge on any atom is -0.433 e. The predicted molar refractivity (Wildman–Crippen MR) is 54.0 cm³/mol. The molecule has 80 valence electrons. The summed E-state index contributed by atoms with van der Waals surface area (Å²) in [6.07, 6.45) is -0.605. The second-order valence-corrected chi connectivity index (χ2v) is 3.99. The Morgan fingerprint density at radius 3 is 2.33 bits per heavy atom. The highest BCUT2D eigenvalue weighted by Gasteiger charge is 2.55. The molecular formula is C11H13NO3. The third-order valence-corrected chi connectivity index (χ3v) is 2.90. The molecule has 2 rings (SSSR count). The van der Waals surface area contributed by atoms with Crippen LogP contribution >= 0.6 is 0 Å². The van der Waals surface area contributed by atoms with E-state index in [2.05, 4.69) is 5.32 Å². The Morgan fingerprint density at radius 2 is 1.87 bits per heavy atom. The third kappa shape index (κ3) is 1.37. The van der Waals surface area contributed by atoms with Crippen molar-refractivity contribution in [2.75, 3.05) is 0 Å². The van der Waals surface area contributed by atoms with Crippen LogP contribution in [0.25, 0.3) is 0 Å². The number of rotatable bonds is 1. The molecule has 4 heteroatoms. The fourth-order valence-corrected chi connectivity index (χ4v) is 1.72. The van der Waals surface area contributed by atoms with E-state index in [1.54, 1.807) is 6.92 Å². The van der Waals surface area contributed by atoms with E-state index in [-0.39, 0.29) is 0 Å². The Hall–Kier alpha value is -1.55. The fraction of sp³-hybridized carbons (Fsp3) is 0.364. The van der Waals surface area contributed by atoms with E-state index in [9.17, 15) is 9.90 Å². The van der Waals surface area contributed by atoms with Crippen LogP contribution in [0.3, 0.4) is 0 Å². The smallest absolute Gasteiger partial charge is 0.410 e. The van der Waals surface area contributed by atoms with Crippen LogP contribution in [0.15, 0.2) is 30.3 Å². The molecule has 1 aromatic rings. The molecule has 0 spiro atoms. The SMILES string of the molecule is C[C@]1(O)NC(=O)O[C@@]1(C)c1ccccc1. The van der Waals surface area contributed by atoms with Crippen molar-refractivity contribution in [3.63, 3.8) is 0 Å². The Morgan fingerprint density at radius 1 is 1.27 bits per heavy atom. The molecule has 1 aromatic carbocycles. The van der Waals surface area contributed by atoms with Crippen LogP contribution in [-0.2, 0) is 10.3 Å². The molecule has 1 saturated heterocycles. The number of ether oxygens (including phenoxy) is 1. The van der Waals surface area contributed by atoms with Gasteiger partial charge in [0.2, 0.25) is 0 Å². The number of hydrogen-bond donors (Lipinski definition) is 2. The van der Waals surface area contributed by atoms with Gasteiger partial charge in [-0.25, -0.2) is 4.79 Å². The molecule has 1 aliphatic heterocycles. The maximum Gasteiger partial charge on any atom is 0.410 e. The van der Waals surface area contributed by atoms with Gasteiger partial charge in [-0.15, -0.1) is 0 Å². The van der Waals surface area contributed by atoms with Gasteiger partial charge in [-0.2, -0.15) is 0 Å². The fourth-order valence-electron chi connectivity index (χ4n) is 1.72. The van der Waals surface area contributed by atoms with Gasteiger partial charge in [-0.1, -0.05) is 30.3 Å². The van der Waals surface area contributed by atoms with Crippen LogP contribution < -0.4 is 5.32 Å². The van der Waals surface area contributed by atoms with Crippen LogP contribution in [0, 0.1) is 0 Å². The largest absolute Gasteiger partial charge is 0.433 e. The monoisotopic (exact) mass is 207 g/mol. The molecule has 0 aliphatic carbocycles. The number of alkyl carbamates (subject to hydrolysis) is 1. The first-order valence-electron chi connectivity index (χ1n) is 4.75. The minimum absolute atomic E-state index is 0.605. The summed E-state index contributed by atoms with van der Waals surface area (Å²) in [4.78, 5) is 11.2. The minimum atomic E-state index is -1.40. The molecule has 4 nitrogen and oxygen atoms in total. The molecule has 1 fully saturated rings. The summed E-state index contributed by atoms with van der Waals surface area (Å²) in [5.41, 5.74) is -1.69. The van der Waals surface area contributed by atoms with Crippen molar-refractivity contribution >= 4 is 6.09 Å². The molecule has 1 heterocycles. The molecule has 0 unspecified atom stereocenters. The maximum absolute atomic E-state index is 11.2. The van der Waals surface area contributed by atoms with E-state index < -0.39 is 17.4 Å². The Labute approximate surface area is 87.9 Å². The van der Waals surface area contributed by atoms with Crippen molar-refractivity contribution in [3.8, 4) is 0 Å². The summed E-state index contributed by atoms with van der Waals surface area (Å²) in [7, 11) is 0. The van der Waals surface area contributed by atoms with Crippen molar-refractivity contribution in [3.05, 3.63) is 35.9 Å². The standard InChI is InChI=1S/C11H13NO3/c1-10(8-6-4-3-5-7-8)11(2,14)12-9(13)15-10/h3-7,14H,1-2H3,(H,12,13)/t10-,11+/m0/s1. The molecule has 0 saturated carbocycles. The zero-order valence-electron chi connectivity index (χ0n) is 8.65. The van der Waals surface area contributed by atoms with Crippen molar-refractivity contribution in [1.82, 2.24) is 5.32 Å². The number of carbonyl (C=O) groups excluding carboxylic acids is 1. The summed E-state index contributed by atoms with van der Waals surface area (Å²) in [5.74, 6) is 0. The maximum atomic E-state index is 11.2. The second-order valence-electron chi connectivity index (χ2n) is 3.99. The van der Waals surface area contributed by atoms with Crippen LogP contribution in [-0.4, -0.2) is 16.9 Å². The van der Waals surface area contributed by atoms with Crippen LogP contribution in [0.5, 0.6) is 0 Å². The molecule has 0 aromatic heterocycles. The van der Waals surface area contributed by atoms with Gasteiger partial charge in [0.05, 0.1) is 0 Å². The normalized spacial score (nSPS) is 34.7. The lowest BCUT2D eigenvalue weighted by Gasteiger charge is -2.33. The van der Waals surface area contributed by atoms with Gasteiger partial charge in [-0.3, -0.25) is 5.32 Å². The van der Waals surface area contributed by atoms with Gasteiger partial charge in [0.1, 0.15) is 0 Å². The van der Waals surface area contributed by atoms with Crippen LogP contribution in [0.1, 0.15) is 19.4 Å². The number of hydrogen-bond acceptors (Lipinski definition) is 3. The average Bonchev–Trinajstić information content (AvgIpc) is 2.38. The number of aliphatic hydroxyl groups is 1. The Balaban J connectivity index is 2.47. The van der Waals surface area contributed by atoms with Gasteiger partial charge in [0.25, 0.3) is 0 Å². The highest BCUT2D eigenvalue weighted by Crippen LogP contribution is 2.38. The van der Waals surface area contributed by atoms with Gasteiger partial charge in [0.15, 0.2) is 11.3 Å². The zero-order chi connectivity index (χ0) is 11.1. The highest BCUT2D eigenvalue weighted by molar-refractivity contribution is 5.72. The van der Waals surface area contributed by atoms with E-state index in [0.717, 1.165) is 5.56 Å². The summed E-state index contributed by atoms with van der Waals surface area (Å²) >= 11 is 0. The topological polar surface area (TPSA) is 58.6 Å². The molecule has 0 bridgehead atoms. The Bertz CT molecular complexity index is 388. The van der Waals surface area contributed by atoms with Crippen molar-refractivity contribution < 1.29 is 14.6 Å². The second kappa shape index (κ2) is 2.97. The molecule has 1 aliphatic rings. The number of cyclic esters (lactones) is 1. The molecule has 15 heavy (non-hydrogen) atoms. The summed E-state index contributed by atoms with van der Waals surface area (Å²) in [6, 6.07) is 9.17. The van der Waals surface area contributed by atoms with Gasteiger partial charge >= 0.3 is 6.09 Å². The first kappa shape index (κ1) is 9.98. The van der Waals surface area contributed by atoms with Gasteiger partial charge in [-0.05, 0) is 13.8 Å². The average molecular weight is 207 g/mol. The lowest BCUT2D eigenvalue weighted by molar-refractivity contribution is -0.0988. The quantitative estimate of drug-likeness (QED) is 0.730. The van der Waals surface area contributed by atoms with Gasteiger partial charge < -0.3 is 9.84 Å². The lowest BCUT2D eigenvalue weighted by atomic mass is 9.87. The van der Waals surface area contributed by atoms with E-state index in [1.165, 1.54) is 6.92 Å². The van der Waals surface area contributed by atoms with E-state index >= 15 is 0 Å². The van der Waals surface area contributed by atoms with Crippen LogP contribution in [0.2, 0.25) is 0 Å². The Kier molecular flexibility index (Phi) is 1.98. The molecule has 2 atom stereocenters. The number of benzene rings is 1. The molecule has 0 radical (unpaired) electrons. The third-order valence-electron chi connectivity index (χ3n) is 2.90. The number of nitrogens with one attached hydrogen (secondary N) is 1. The van der Waals surface area contributed by atoms with E-state index in [1.807, 2.05) is 30.3 Å². The first-order chi connectivity index (χ1) is 6.96. The highest BCUT2D eigenvalue weighted by atomic mass is 16.6.